The van der Waals surface area contributed by atoms with Crippen LogP contribution in [-0.2, 0) is 27.0 Å². The highest BCUT2D eigenvalue weighted by molar-refractivity contribution is 6.05. The predicted octanol–water partition coefficient (Wildman–Crippen LogP) is 6.09. The number of piperidine rings is 1. The van der Waals surface area contributed by atoms with E-state index in [0.717, 1.165) is 67.6 Å². The van der Waals surface area contributed by atoms with Crippen molar-refractivity contribution in [2.45, 2.75) is 56.9 Å². The molecule has 7 rings (SSSR count). The maximum Gasteiger partial charge on any atom is 0.433 e. The van der Waals surface area contributed by atoms with Gasteiger partial charge in [0, 0.05) is 55.8 Å². The Balaban J connectivity index is 0.785. The number of nitrogens with one attached hydrogen (secondary N) is 1. The van der Waals surface area contributed by atoms with Crippen LogP contribution in [0.2, 0.25) is 0 Å². The Morgan fingerprint density at radius 1 is 0.982 bits per heavy atom. The topological polar surface area (TPSA) is 137 Å². The van der Waals surface area contributed by atoms with Crippen LogP contribution in [0, 0.1) is 0 Å². The Kier molecular flexibility index (Phi) is 12.2. The van der Waals surface area contributed by atoms with E-state index in [9.17, 15) is 27.6 Å². The summed E-state index contributed by atoms with van der Waals surface area (Å²) in [5, 5.41) is 8.13. The molecular formula is C41H45F3N6O7. The van der Waals surface area contributed by atoms with Crippen LogP contribution in [-0.4, -0.2) is 108 Å². The van der Waals surface area contributed by atoms with Crippen molar-refractivity contribution < 1.29 is 46.5 Å². The summed E-state index contributed by atoms with van der Waals surface area (Å²) in [5.41, 5.74) is 1.87. The van der Waals surface area contributed by atoms with Gasteiger partial charge in [0.1, 0.15) is 29.5 Å². The highest BCUT2D eigenvalue weighted by Crippen LogP contribution is 2.34. The number of Topliss-reactive ketones (excluding diaryl/α,β-unsaturated/α-hetero) is 1. The van der Waals surface area contributed by atoms with Gasteiger partial charge in [-0.1, -0.05) is 18.2 Å². The lowest BCUT2D eigenvalue weighted by Gasteiger charge is -2.31. The van der Waals surface area contributed by atoms with Crippen molar-refractivity contribution in [1.29, 1.82) is 0 Å². The zero-order valence-corrected chi connectivity index (χ0v) is 31.7. The van der Waals surface area contributed by atoms with E-state index in [2.05, 4.69) is 21.8 Å². The van der Waals surface area contributed by atoms with Gasteiger partial charge in [-0.25, -0.2) is 4.98 Å². The van der Waals surface area contributed by atoms with Crippen LogP contribution >= 0.6 is 0 Å². The van der Waals surface area contributed by atoms with E-state index in [1.165, 1.54) is 13.2 Å². The fourth-order valence-electron chi connectivity index (χ4n) is 7.52. The summed E-state index contributed by atoms with van der Waals surface area (Å²) in [4.78, 5) is 45.8. The predicted molar refractivity (Wildman–Crippen MR) is 203 cm³/mol. The fraction of sp³-hybridized carbons (Fsp3) is 0.439. The van der Waals surface area contributed by atoms with Crippen LogP contribution in [0.3, 0.4) is 0 Å². The first kappa shape index (κ1) is 39.9. The molecule has 0 spiro atoms. The quantitative estimate of drug-likeness (QED) is 0.111. The van der Waals surface area contributed by atoms with Crippen LogP contribution in [0.25, 0.3) is 10.9 Å². The van der Waals surface area contributed by atoms with Gasteiger partial charge >= 0.3 is 6.18 Å². The van der Waals surface area contributed by atoms with E-state index < -0.39 is 17.8 Å². The molecule has 1 atom stereocenters. The number of nitrogens with zero attached hydrogens (tertiary/aromatic N) is 5. The SMILES string of the molecule is C=C1CCC(N2Cc3cc(OCCOCCOCCN4CCC(n5cc6cc(NC(=O)c7cccc(C(F)(F)F)n7)c(OC)cc6n5)CC4)ccc3C2=O)C(=O)C1. The third-order valence-corrected chi connectivity index (χ3v) is 10.6. The minimum Gasteiger partial charge on any atom is -0.494 e. The molecule has 1 unspecified atom stereocenters. The van der Waals surface area contributed by atoms with Crippen LogP contribution in [0.4, 0.5) is 18.9 Å². The number of rotatable bonds is 15. The van der Waals surface area contributed by atoms with Gasteiger partial charge in [-0.15, -0.1) is 0 Å². The van der Waals surface area contributed by atoms with E-state index >= 15 is 0 Å². The number of likely N-dealkylation sites (tertiary alicyclic amines) is 1. The number of ketones is 1. The Labute approximate surface area is 327 Å². The fourth-order valence-corrected chi connectivity index (χ4v) is 7.52. The summed E-state index contributed by atoms with van der Waals surface area (Å²) < 4.78 is 64.1. The van der Waals surface area contributed by atoms with Crippen molar-refractivity contribution in [2.24, 2.45) is 0 Å². The number of alkyl halides is 3. The monoisotopic (exact) mass is 790 g/mol. The zero-order valence-electron chi connectivity index (χ0n) is 31.7. The number of pyridine rings is 1. The lowest BCUT2D eigenvalue weighted by atomic mass is 9.90. The molecule has 1 aliphatic carbocycles. The molecule has 13 nitrogen and oxygen atoms in total. The highest BCUT2D eigenvalue weighted by Gasteiger charge is 2.38. The average molecular weight is 791 g/mol. The second-order valence-electron chi connectivity index (χ2n) is 14.4. The number of carbonyl (C=O) groups excluding carboxylic acids is 3. The third-order valence-electron chi connectivity index (χ3n) is 10.6. The Hall–Kier alpha value is -5.32. The molecule has 16 heteroatoms. The number of benzene rings is 2. The van der Waals surface area contributed by atoms with Crippen LogP contribution in [0.1, 0.15) is 70.2 Å². The second-order valence-corrected chi connectivity index (χ2v) is 14.4. The molecule has 302 valence electrons. The van der Waals surface area contributed by atoms with Gasteiger partial charge in [0.05, 0.1) is 56.8 Å². The lowest BCUT2D eigenvalue weighted by molar-refractivity contribution is -0.141. The van der Waals surface area contributed by atoms with E-state index in [1.807, 2.05) is 16.9 Å². The van der Waals surface area contributed by atoms with Crippen LogP contribution in [0.5, 0.6) is 11.5 Å². The number of amides is 2. The largest absolute Gasteiger partial charge is 0.494 e. The number of ether oxygens (including phenoxy) is 4. The van der Waals surface area contributed by atoms with Crippen molar-refractivity contribution in [3.8, 4) is 11.5 Å². The van der Waals surface area contributed by atoms with Crippen molar-refractivity contribution in [2.75, 3.05) is 65.1 Å². The van der Waals surface area contributed by atoms with E-state index in [0.29, 0.717) is 80.7 Å². The number of halogens is 3. The van der Waals surface area contributed by atoms with Crippen molar-refractivity contribution in [3.05, 3.63) is 89.4 Å². The maximum absolute atomic E-state index is 13.1. The van der Waals surface area contributed by atoms with Crippen molar-refractivity contribution >= 4 is 34.2 Å². The number of aromatic nitrogens is 3. The maximum atomic E-state index is 13.1. The molecule has 57 heavy (non-hydrogen) atoms. The summed E-state index contributed by atoms with van der Waals surface area (Å²) in [6, 6.07) is 11.8. The molecule has 4 heterocycles. The van der Waals surface area contributed by atoms with E-state index in [1.54, 1.807) is 29.2 Å². The second kappa shape index (κ2) is 17.4. The van der Waals surface area contributed by atoms with Crippen molar-refractivity contribution in [3.63, 3.8) is 0 Å². The normalized spacial score (nSPS) is 18.0. The van der Waals surface area contributed by atoms with E-state index in [-0.39, 0.29) is 29.5 Å². The number of allylic oxidation sites excluding steroid dienone is 1. The number of hydrogen-bond acceptors (Lipinski definition) is 10. The Morgan fingerprint density at radius 2 is 1.75 bits per heavy atom. The number of anilines is 1. The molecule has 2 fully saturated rings. The van der Waals surface area contributed by atoms with Crippen LogP contribution in [0.15, 0.2) is 66.9 Å². The van der Waals surface area contributed by atoms with Crippen molar-refractivity contribution in [1.82, 2.24) is 24.6 Å². The molecule has 1 N–H and O–H groups in total. The van der Waals surface area contributed by atoms with Gasteiger partial charge in [0.15, 0.2) is 5.78 Å². The minimum atomic E-state index is -4.67. The van der Waals surface area contributed by atoms with Gasteiger partial charge in [-0.3, -0.25) is 19.1 Å². The van der Waals surface area contributed by atoms with Crippen LogP contribution < -0.4 is 14.8 Å². The molecule has 1 saturated heterocycles. The standard InChI is InChI=1S/C41H45F3N6O7/c1-26-6-9-35(36(51)20-26)49-24-27-21-30(7-8-31(27)40(49)53)57-19-18-56-17-16-55-15-14-48-12-10-29(11-13-48)50-25-28-22-34(37(54-2)23-33(28)47-50)46-39(52)32-4-3-5-38(45-32)41(42,43)44/h3-5,7-8,21-23,25,29,35H,1,6,9-20,24H2,2H3,(H,46,52). The number of fused-ring (bicyclic) bond motifs is 2. The Bertz CT molecular complexity index is 2130. The van der Waals surface area contributed by atoms with Gasteiger partial charge in [0.2, 0.25) is 0 Å². The summed E-state index contributed by atoms with van der Waals surface area (Å²) in [6.07, 6.45) is 0.726. The molecule has 0 radical (unpaired) electrons. The zero-order chi connectivity index (χ0) is 40.1. The molecule has 2 amide bonds. The minimum absolute atomic E-state index is 0.0570. The number of hydrogen-bond donors (Lipinski definition) is 1. The van der Waals surface area contributed by atoms with Gasteiger partial charge < -0.3 is 34.1 Å². The molecule has 2 aromatic heterocycles. The number of carbonyl (C=O) groups is 3. The highest BCUT2D eigenvalue weighted by atomic mass is 19.4. The first-order valence-electron chi connectivity index (χ1n) is 19.0. The summed E-state index contributed by atoms with van der Waals surface area (Å²) >= 11 is 0. The lowest BCUT2D eigenvalue weighted by Crippen LogP contribution is -2.43. The molecule has 2 aliphatic heterocycles. The Morgan fingerprint density at radius 3 is 2.51 bits per heavy atom. The van der Waals surface area contributed by atoms with Gasteiger partial charge in [-0.2, -0.15) is 18.3 Å². The first-order chi connectivity index (χ1) is 27.5. The molecule has 1 saturated carbocycles. The summed E-state index contributed by atoms with van der Waals surface area (Å²) in [6.45, 7) is 9.08. The molecule has 2 aromatic carbocycles. The average Bonchev–Trinajstić information content (AvgIpc) is 3.76. The molecule has 0 bridgehead atoms. The smallest absolute Gasteiger partial charge is 0.433 e. The number of methoxy groups -OCH3 is 1. The first-order valence-corrected chi connectivity index (χ1v) is 19.0. The third kappa shape index (κ3) is 9.46. The molecule has 3 aliphatic rings. The van der Waals surface area contributed by atoms with E-state index in [4.69, 9.17) is 24.0 Å². The summed E-state index contributed by atoms with van der Waals surface area (Å²) in [5.74, 6) is 0.143. The molecular weight excluding hydrogens is 745 g/mol. The van der Waals surface area contributed by atoms with Gasteiger partial charge in [-0.05, 0) is 67.6 Å². The molecule has 4 aromatic rings. The summed E-state index contributed by atoms with van der Waals surface area (Å²) in [7, 11) is 1.44. The van der Waals surface area contributed by atoms with Gasteiger partial charge in [0.25, 0.3) is 11.8 Å².